The van der Waals surface area contributed by atoms with E-state index in [0.717, 1.165) is 47.9 Å². The Labute approximate surface area is 233 Å². The van der Waals surface area contributed by atoms with E-state index in [2.05, 4.69) is 41.5 Å². The minimum Gasteiger partial charge on any atom is -1.00 e. The van der Waals surface area contributed by atoms with E-state index in [1.54, 1.807) is 12.4 Å². The standard InChI is InChI=1S/C28H38N2O2.Cr.HI/c1-27(2,3)21-13-9-11-19(25(21)31)17-29-23-15-7-8-16-24(23)30-18-20-12-10-14-22(26(20)32)28(4,5)6;;/h9-14,17-18,23-24,31-32H,7-8,15-16H2,1-6H3;;1H/p-1/t23-,24-;;/m1../s1. The molecule has 0 saturated heterocycles. The number of hydrogen-bond acceptors (Lipinski definition) is 4. The molecule has 6 heteroatoms. The second-order valence-electron chi connectivity index (χ2n) is 11.0. The van der Waals surface area contributed by atoms with Crippen molar-refractivity contribution in [2.45, 2.75) is 90.1 Å². The van der Waals surface area contributed by atoms with Crippen molar-refractivity contribution in [3.63, 3.8) is 0 Å². The number of rotatable bonds is 4. The van der Waals surface area contributed by atoms with Gasteiger partial charge in [0, 0.05) is 40.9 Å². The molecular weight excluding hydrogens is 575 g/mol. The number of phenols is 2. The number of aliphatic imine (C=N–C) groups is 2. The van der Waals surface area contributed by atoms with Crippen LogP contribution in [-0.4, -0.2) is 34.7 Å². The van der Waals surface area contributed by atoms with Crippen LogP contribution in [-0.2, 0) is 28.2 Å². The van der Waals surface area contributed by atoms with Gasteiger partial charge in [-0.1, -0.05) is 78.6 Å². The molecule has 4 nitrogen and oxygen atoms in total. The van der Waals surface area contributed by atoms with Crippen molar-refractivity contribution >= 4 is 12.4 Å². The maximum atomic E-state index is 10.7. The molecule has 1 aliphatic rings. The van der Waals surface area contributed by atoms with Gasteiger partial charge in [0.05, 0.1) is 12.1 Å². The summed E-state index contributed by atoms with van der Waals surface area (Å²) in [7, 11) is 0. The third kappa shape index (κ3) is 7.57. The van der Waals surface area contributed by atoms with E-state index in [9.17, 15) is 10.2 Å². The largest absolute Gasteiger partial charge is 1.00 e. The summed E-state index contributed by atoms with van der Waals surface area (Å²) < 4.78 is 0. The molecule has 0 amide bonds. The number of phenolic OH excluding ortho intramolecular Hbond substituents is 2. The molecule has 1 aliphatic carbocycles. The van der Waals surface area contributed by atoms with E-state index < -0.39 is 0 Å². The van der Waals surface area contributed by atoms with Crippen LogP contribution in [0.5, 0.6) is 11.5 Å². The van der Waals surface area contributed by atoms with Crippen molar-refractivity contribution in [3.8, 4) is 11.5 Å². The number of aromatic hydroxyl groups is 2. The van der Waals surface area contributed by atoms with E-state index in [-0.39, 0.29) is 64.3 Å². The number of nitrogens with zero attached hydrogens (tertiary/aromatic N) is 2. The Kier molecular flexibility index (Phi) is 11.3. The predicted molar refractivity (Wildman–Crippen MR) is 135 cm³/mol. The molecule has 0 aromatic heterocycles. The van der Waals surface area contributed by atoms with Gasteiger partial charge in [0.15, 0.2) is 0 Å². The summed E-state index contributed by atoms with van der Waals surface area (Å²) in [6.07, 6.45) is 7.83. The second kappa shape index (κ2) is 12.6. The molecule has 0 heterocycles. The predicted octanol–water partition coefficient (Wildman–Crippen LogP) is 3.54. The van der Waals surface area contributed by atoms with E-state index in [1.165, 1.54) is 0 Å². The van der Waals surface area contributed by atoms with Crippen LogP contribution in [0.4, 0.5) is 0 Å². The zero-order valence-electron chi connectivity index (χ0n) is 21.2. The molecule has 1 fully saturated rings. The minimum absolute atomic E-state index is 0. The van der Waals surface area contributed by atoms with Crippen LogP contribution in [0.25, 0.3) is 0 Å². The molecule has 2 N–H and O–H groups in total. The first-order valence-electron chi connectivity index (χ1n) is 11.7. The van der Waals surface area contributed by atoms with E-state index in [4.69, 9.17) is 9.98 Å². The first-order chi connectivity index (χ1) is 15.0. The molecule has 0 spiro atoms. The smallest absolute Gasteiger partial charge is 0.128 e. The molecular formula is C28H38CrIN2O2-. The van der Waals surface area contributed by atoms with Gasteiger partial charge in [0.25, 0.3) is 0 Å². The van der Waals surface area contributed by atoms with E-state index in [1.807, 2.05) is 36.4 Å². The summed E-state index contributed by atoms with van der Waals surface area (Å²) >= 11 is 0. The van der Waals surface area contributed by atoms with Crippen LogP contribution in [0, 0.1) is 0 Å². The third-order valence-corrected chi connectivity index (χ3v) is 6.25. The molecule has 186 valence electrons. The SMILES string of the molecule is CC(C)(C)c1cccc(C=N[C@@H]2CCCC[C@H]2N=Cc2cccc(C(C)(C)C)c2O)c1O.[Cr].[I-]. The summed E-state index contributed by atoms with van der Waals surface area (Å²) in [4.78, 5) is 9.70. The van der Waals surface area contributed by atoms with Gasteiger partial charge in [-0.05, 0) is 46.9 Å². The minimum atomic E-state index is -0.130. The van der Waals surface area contributed by atoms with E-state index >= 15 is 0 Å². The van der Waals surface area contributed by atoms with Crippen LogP contribution in [0.2, 0.25) is 0 Å². The average Bonchev–Trinajstić information content (AvgIpc) is 2.71. The molecule has 0 aliphatic heterocycles. The molecule has 1 saturated carbocycles. The fraction of sp³-hybridized carbons (Fsp3) is 0.500. The Hall–Kier alpha value is -1.36. The number of benzene rings is 2. The molecule has 34 heavy (non-hydrogen) atoms. The van der Waals surface area contributed by atoms with Crippen molar-refractivity contribution in [1.29, 1.82) is 0 Å². The first-order valence-corrected chi connectivity index (χ1v) is 11.7. The van der Waals surface area contributed by atoms with Crippen LogP contribution in [0.3, 0.4) is 0 Å². The Morgan fingerprint density at radius 1 is 0.706 bits per heavy atom. The van der Waals surface area contributed by atoms with Gasteiger partial charge in [-0.2, -0.15) is 0 Å². The molecule has 2 aromatic carbocycles. The number of para-hydroxylation sites is 2. The molecule has 2 atom stereocenters. The normalized spacial score (nSPS) is 19.1. The van der Waals surface area contributed by atoms with Gasteiger partial charge < -0.3 is 34.2 Å². The Morgan fingerprint density at radius 3 is 1.38 bits per heavy atom. The summed E-state index contributed by atoms with van der Waals surface area (Å²) in [5, 5.41) is 21.5. The second-order valence-corrected chi connectivity index (χ2v) is 11.0. The Balaban J connectivity index is 0.00000289. The molecule has 0 bridgehead atoms. The summed E-state index contributed by atoms with van der Waals surface area (Å²) in [6.45, 7) is 12.6. The van der Waals surface area contributed by atoms with Crippen LogP contribution in [0.1, 0.15) is 89.5 Å². The van der Waals surface area contributed by atoms with Gasteiger partial charge >= 0.3 is 0 Å². The van der Waals surface area contributed by atoms with Gasteiger partial charge in [0.1, 0.15) is 11.5 Å². The van der Waals surface area contributed by atoms with E-state index in [0.29, 0.717) is 11.5 Å². The Bertz CT molecular complexity index is 925. The van der Waals surface area contributed by atoms with Crippen molar-refractivity contribution in [2.24, 2.45) is 9.98 Å². The molecule has 3 rings (SSSR count). The monoisotopic (exact) mass is 613 g/mol. The van der Waals surface area contributed by atoms with Crippen LogP contribution >= 0.6 is 0 Å². The quantitative estimate of drug-likeness (QED) is 0.410. The van der Waals surface area contributed by atoms with Crippen molar-refractivity contribution in [2.75, 3.05) is 0 Å². The van der Waals surface area contributed by atoms with Crippen molar-refractivity contribution in [1.82, 2.24) is 0 Å². The molecule has 2 aromatic rings. The maximum Gasteiger partial charge on any atom is 0.128 e. The first kappa shape index (κ1) is 30.7. The fourth-order valence-electron chi connectivity index (χ4n) is 4.33. The average molecular weight is 614 g/mol. The van der Waals surface area contributed by atoms with Crippen molar-refractivity contribution in [3.05, 3.63) is 58.7 Å². The number of halogens is 1. The van der Waals surface area contributed by atoms with Gasteiger partial charge in [-0.3, -0.25) is 9.98 Å². The van der Waals surface area contributed by atoms with Gasteiger partial charge in [-0.25, -0.2) is 0 Å². The topological polar surface area (TPSA) is 65.2 Å². The molecule has 0 radical (unpaired) electrons. The Morgan fingerprint density at radius 2 is 1.06 bits per heavy atom. The maximum absolute atomic E-state index is 10.7. The fourth-order valence-corrected chi connectivity index (χ4v) is 4.33. The third-order valence-electron chi connectivity index (χ3n) is 6.25. The summed E-state index contributed by atoms with van der Waals surface area (Å²) in [5.41, 5.74) is 3.09. The zero-order valence-corrected chi connectivity index (χ0v) is 24.6. The van der Waals surface area contributed by atoms with Gasteiger partial charge in [0.2, 0.25) is 0 Å². The van der Waals surface area contributed by atoms with Crippen LogP contribution in [0.15, 0.2) is 46.4 Å². The van der Waals surface area contributed by atoms with Crippen molar-refractivity contribution < 1.29 is 51.6 Å². The number of hydrogen-bond donors (Lipinski definition) is 2. The summed E-state index contributed by atoms with van der Waals surface area (Å²) in [5.74, 6) is 0.618. The van der Waals surface area contributed by atoms with Gasteiger partial charge in [-0.15, -0.1) is 0 Å². The van der Waals surface area contributed by atoms with Crippen LogP contribution < -0.4 is 24.0 Å². The molecule has 0 unspecified atom stereocenters. The zero-order chi connectivity index (χ0) is 23.5. The summed E-state index contributed by atoms with van der Waals surface area (Å²) in [6, 6.07) is 11.9.